The van der Waals surface area contributed by atoms with Crippen molar-refractivity contribution in [1.82, 2.24) is 0 Å². The van der Waals surface area contributed by atoms with Crippen molar-refractivity contribution < 1.29 is 9.47 Å². The molecular weight excluding hydrogens is 252 g/mol. The van der Waals surface area contributed by atoms with Crippen LogP contribution < -0.4 is 15.4 Å². The van der Waals surface area contributed by atoms with E-state index in [2.05, 4.69) is 18.0 Å². The van der Waals surface area contributed by atoms with E-state index in [4.69, 9.17) is 15.2 Å². The van der Waals surface area contributed by atoms with E-state index in [0.717, 1.165) is 42.7 Å². The molecule has 1 atom stereocenters. The second kappa shape index (κ2) is 6.95. The van der Waals surface area contributed by atoms with Gasteiger partial charge in [0.05, 0.1) is 13.7 Å². The fourth-order valence-corrected chi connectivity index (χ4v) is 2.36. The van der Waals surface area contributed by atoms with Crippen molar-refractivity contribution in [3.8, 4) is 5.75 Å². The first-order valence-electron chi connectivity index (χ1n) is 7.34. The highest BCUT2D eigenvalue weighted by atomic mass is 16.5. The van der Waals surface area contributed by atoms with E-state index >= 15 is 0 Å². The van der Waals surface area contributed by atoms with Crippen LogP contribution in [0.25, 0.3) is 0 Å². The van der Waals surface area contributed by atoms with Crippen molar-refractivity contribution in [3.63, 3.8) is 0 Å². The zero-order chi connectivity index (χ0) is 14.5. The molecule has 0 unspecified atom stereocenters. The lowest BCUT2D eigenvalue weighted by Gasteiger charge is -2.25. The molecular formula is C16H26N2O2. The quantitative estimate of drug-likeness (QED) is 0.743. The van der Waals surface area contributed by atoms with E-state index in [0.29, 0.717) is 0 Å². The number of nitrogens with two attached hydrogens (primary N) is 1. The summed E-state index contributed by atoms with van der Waals surface area (Å²) in [4.78, 5) is 2.19. The van der Waals surface area contributed by atoms with Crippen LogP contribution >= 0.6 is 0 Å². The number of rotatable bonds is 8. The molecule has 20 heavy (non-hydrogen) atoms. The predicted octanol–water partition coefficient (Wildman–Crippen LogP) is 2.58. The number of hydrogen-bond donors (Lipinski definition) is 1. The number of anilines is 1. The van der Waals surface area contributed by atoms with Crippen LogP contribution in [0.1, 0.15) is 31.4 Å². The molecule has 1 fully saturated rings. The Morgan fingerprint density at radius 2 is 2.15 bits per heavy atom. The highest BCUT2D eigenvalue weighted by molar-refractivity contribution is 5.60. The maximum atomic E-state index is 6.09. The number of hydrogen-bond acceptors (Lipinski definition) is 4. The lowest BCUT2D eigenvalue weighted by molar-refractivity contribution is 0.131. The van der Waals surface area contributed by atoms with Gasteiger partial charge in [0.1, 0.15) is 5.75 Å². The summed E-state index contributed by atoms with van der Waals surface area (Å²) in [6.07, 6.45) is 2.67. The molecule has 1 aromatic rings. The van der Waals surface area contributed by atoms with E-state index in [1.807, 2.05) is 19.1 Å². The summed E-state index contributed by atoms with van der Waals surface area (Å²) >= 11 is 0. The second-order valence-corrected chi connectivity index (χ2v) is 5.62. The average Bonchev–Trinajstić information content (AvgIpc) is 3.26. The Kier molecular flexibility index (Phi) is 5.26. The van der Waals surface area contributed by atoms with Crippen molar-refractivity contribution in [2.45, 2.75) is 25.8 Å². The fraction of sp³-hybridized carbons (Fsp3) is 0.625. The summed E-state index contributed by atoms with van der Waals surface area (Å²) < 4.78 is 11.1. The predicted molar refractivity (Wildman–Crippen MR) is 82.4 cm³/mol. The fourth-order valence-electron chi connectivity index (χ4n) is 2.36. The first-order valence-corrected chi connectivity index (χ1v) is 7.34. The van der Waals surface area contributed by atoms with Gasteiger partial charge in [-0.2, -0.15) is 0 Å². The molecule has 0 aliphatic heterocycles. The monoisotopic (exact) mass is 278 g/mol. The highest BCUT2D eigenvalue weighted by Gasteiger charge is 2.21. The minimum atomic E-state index is -0.0593. The molecule has 112 valence electrons. The molecule has 0 radical (unpaired) electrons. The molecule has 1 aromatic carbocycles. The lowest BCUT2D eigenvalue weighted by Crippen LogP contribution is -2.25. The number of methoxy groups -OCH3 is 1. The summed E-state index contributed by atoms with van der Waals surface area (Å²) in [6.45, 7) is 4.51. The third-order valence-corrected chi connectivity index (χ3v) is 3.75. The Balaban J connectivity index is 1.97. The van der Waals surface area contributed by atoms with Gasteiger partial charge in [-0.1, -0.05) is 6.07 Å². The van der Waals surface area contributed by atoms with Crippen LogP contribution in [0, 0.1) is 5.92 Å². The smallest absolute Gasteiger partial charge is 0.125 e. The normalized spacial score (nSPS) is 16.0. The Morgan fingerprint density at radius 3 is 2.75 bits per heavy atom. The molecule has 0 amide bonds. The van der Waals surface area contributed by atoms with Gasteiger partial charge in [-0.3, -0.25) is 0 Å². The van der Waals surface area contributed by atoms with E-state index in [-0.39, 0.29) is 6.04 Å². The molecule has 1 aliphatic carbocycles. The SMILES string of the molecule is COc1cccc(N(C)CCOCC2CC2)c1[C@H](C)N. The Morgan fingerprint density at radius 1 is 1.40 bits per heavy atom. The van der Waals surface area contributed by atoms with Gasteiger partial charge in [0.2, 0.25) is 0 Å². The minimum absolute atomic E-state index is 0.0593. The van der Waals surface area contributed by atoms with Gasteiger partial charge in [0.25, 0.3) is 0 Å². The number of nitrogens with zero attached hydrogens (tertiary/aromatic N) is 1. The van der Waals surface area contributed by atoms with Gasteiger partial charge < -0.3 is 20.1 Å². The maximum Gasteiger partial charge on any atom is 0.125 e. The van der Waals surface area contributed by atoms with Gasteiger partial charge in [-0.05, 0) is 37.8 Å². The van der Waals surface area contributed by atoms with Crippen LogP contribution in [0.3, 0.4) is 0 Å². The summed E-state index contributed by atoms with van der Waals surface area (Å²) in [7, 11) is 3.75. The van der Waals surface area contributed by atoms with Crippen LogP contribution in [0.15, 0.2) is 18.2 Å². The van der Waals surface area contributed by atoms with E-state index in [9.17, 15) is 0 Å². The van der Waals surface area contributed by atoms with Gasteiger partial charge in [-0.25, -0.2) is 0 Å². The van der Waals surface area contributed by atoms with E-state index in [1.54, 1.807) is 7.11 Å². The minimum Gasteiger partial charge on any atom is -0.496 e. The van der Waals surface area contributed by atoms with E-state index < -0.39 is 0 Å². The number of benzene rings is 1. The maximum absolute atomic E-state index is 6.09. The van der Waals surface area contributed by atoms with Crippen LogP contribution in [0.2, 0.25) is 0 Å². The van der Waals surface area contributed by atoms with Gasteiger partial charge >= 0.3 is 0 Å². The summed E-state index contributed by atoms with van der Waals surface area (Å²) in [6, 6.07) is 5.99. The molecule has 1 saturated carbocycles. The van der Waals surface area contributed by atoms with Gasteiger partial charge in [0.15, 0.2) is 0 Å². The van der Waals surface area contributed by atoms with E-state index in [1.165, 1.54) is 12.8 Å². The largest absolute Gasteiger partial charge is 0.496 e. The molecule has 2 N–H and O–H groups in total. The molecule has 4 heteroatoms. The zero-order valence-corrected chi connectivity index (χ0v) is 12.8. The number of ether oxygens (including phenoxy) is 2. The molecule has 2 rings (SSSR count). The van der Waals surface area contributed by atoms with Gasteiger partial charge in [0, 0.05) is 37.5 Å². The summed E-state index contributed by atoms with van der Waals surface area (Å²) in [5.74, 6) is 1.67. The zero-order valence-electron chi connectivity index (χ0n) is 12.8. The molecule has 0 aromatic heterocycles. The molecule has 0 heterocycles. The Bertz CT molecular complexity index is 430. The Hall–Kier alpha value is -1.26. The third-order valence-electron chi connectivity index (χ3n) is 3.75. The highest BCUT2D eigenvalue weighted by Crippen LogP contribution is 2.33. The molecule has 1 aliphatic rings. The standard InChI is InChI=1S/C16H26N2O2/c1-12(17)16-14(5-4-6-15(16)19-3)18(2)9-10-20-11-13-7-8-13/h4-6,12-13H,7-11,17H2,1-3H3/t12-/m0/s1. The molecule has 4 nitrogen and oxygen atoms in total. The van der Waals surface area contributed by atoms with Crippen molar-refractivity contribution in [2.75, 3.05) is 38.8 Å². The molecule has 0 spiro atoms. The second-order valence-electron chi connectivity index (χ2n) is 5.62. The average molecular weight is 278 g/mol. The van der Waals surface area contributed by atoms with Crippen LogP contribution in [-0.2, 0) is 4.74 Å². The topological polar surface area (TPSA) is 47.7 Å². The Labute approximate surface area is 121 Å². The van der Waals surface area contributed by atoms with Gasteiger partial charge in [-0.15, -0.1) is 0 Å². The first-order chi connectivity index (χ1) is 9.63. The van der Waals surface area contributed by atoms with Crippen molar-refractivity contribution in [1.29, 1.82) is 0 Å². The van der Waals surface area contributed by atoms with Crippen LogP contribution in [-0.4, -0.2) is 33.9 Å². The molecule has 0 bridgehead atoms. The summed E-state index contributed by atoms with van der Waals surface area (Å²) in [5, 5.41) is 0. The molecule has 0 saturated heterocycles. The van der Waals surface area contributed by atoms with Crippen molar-refractivity contribution in [2.24, 2.45) is 11.7 Å². The van der Waals surface area contributed by atoms with Crippen LogP contribution in [0.4, 0.5) is 5.69 Å². The first kappa shape index (κ1) is 15.1. The third kappa shape index (κ3) is 3.87. The lowest BCUT2D eigenvalue weighted by atomic mass is 10.0. The summed E-state index contributed by atoms with van der Waals surface area (Å²) in [5.41, 5.74) is 8.27. The number of likely N-dealkylation sites (N-methyl/N-ethyl adjacent to an activating group) is 1. The van der Waals surface area contributed by atoms with Crippen molar-refractivity contribution in [3.05, 3.63) is 23.8 Å². The van der Waals surface area contributed by atoms with Crippen molar-refractivity contribution >= 4 is 5.69 Å². The van der Waals surface area contributed by atoms with Crippen LogP contribution in [0.5, 0.6) is 5.75 Å².